The second-order valence-electron chi connectivity index (χ2n) is 7.56. The lowest BCUT2D eigenvalue weighted by Gasteiger charge is -2.22. The van der Waals surface area contributed by atoms with Gasteiger partial charge in [-0.25, -0.2) is 0 Å². The topological polar surface area (TPSA) is 85.2 Å². The maximum Gasteiger partial charge on any atom is 0.387 e. The van der Waals surface area contributed by atoms with Crippen LogP contribution in [0, 0.1) is 17.0 Å². The quantitative estimate of drug-likeness (QED) is 0.471. The standard InChI is InChI=1S/C22H25F2N3O5/c1-15-5-3-6-16(11-15)21(28)26-8-4-7-25(9-10-26)14-17-12-19(31-2)20(32-22(23)24)13-18(17)27(29)30/h3,5-6,11-13,22H,4,7-10,14H2,1-2H3. The van der Waals surface area contributed by atoms with E-state index in [2.05, 4.69) is 4.74 Å². The van der Waals surface area contributed by atoms with Gasteiger partial charge < -0.3 is 14.4 Å². The maximum atomic E-state index is 12.8. The number of nitrogens with zero attached hydrogens (tertiary/aromatic N) is 3. The summed E-state index contributed by atoms with van der Waals surface area (Å²) in [6.45, 7) is 1.23. The second-order valence-corrected chi connectivity index (χ2v) is 7.56. The van der Waals surface area contributed by atoms with Gasteiger partial charge in [0.2, 0.25) is 0 Å². The van der Waals surface area contributed by atoms with E-state index in [1.165, 1.54) is 13.2 Å². The normalized spacial score (nSPS) is 14.8. The summed E-state index contributed by atoms with van der Waals surface area (Å²) in [6, 6.07) is 9.74. The first-order chi connectivity index (χ1) is 15.3. The van der Waals surface area contributed by atoms with Crippen LogP contribution >= 0.6 is 0 Å². The van der Waals surface area contributed by atoms with E-state index < -0.39 is 11.5 Å². The minimum atomic E-state index is -3.13. The molecule has 2 aromatic carbocycles. The van der Waals surface area contributed by atoms with Gasteiger partial charge in [0, 0.05) is 43.9 Å². The van der Waals surface area contributed by atoms with Crippen LogP contribution in [0.2, 0.25) is 0 Å². The molecule has 0 radical (unpaired) electrons. The molecule has 3 rings (SSSR count). The Hall–Kier alpha value is -3.27. The van der Waals surface area contributed by atoms with Gasteiger partial charge in [0.25, 0.3) is 11.6 Å². The summed E-state index contributed by atoms with van der Waals surface area (Å²) in [6.07, 6.45) is 0.703. The molecular formula is C22H25F2N3O5. The summed E-state index contributed by atoms with van der Waals surface area (Å²) in [5.41, 5.74) is 1.64. The van der Waals surface area contributed by atoms with E-state index in [9.17, 15) is 23.7 Å². The summed E-state index contributed by atoms with van der Waals surface area (Å²) in [5, 5.41) is 11.5. The van der Waals surface area contributed by atoms with E-state index in [1.54, 1.807) is 11.0 Å². The number of alkyl halides is 2. The summed E-state index contributed by atoms with van der Waals surface area (Å²) in [4.78, 5) is 27.5. The molecule has 0 atom stereocenters. The van der Waals surface area contributed by atoms with Crippen LogP contribution in [0.25, 0.3) is 0 Å². The number of ether oxygens (including phenoxy) is 2. The smallest absolute Gasteiger partial charge is 0.387 e. The molecule has 32 heavy (non-hydrogen) atoms. The van der Waals surface area contributed by atoms with Gasteiger partial charge in [-0.1, -0.05) is 17.7 Å². The van der Waals surface area contributed by atoms with Gasteiger partial charge in [-0.2, -0.15) is 8.78 Å². The Morgan fingerprint density at radius 2 is 1.94 bits per heavy atom. The molecule has 1 saturated heterocycles. The van der Waals surface area contributed by atoms with Crippen molar-refractivity contribution in [1.82, 2.24) is 9.80 Å². The fourth-order valence-corrected chi connectivity index (χ4v) is 3.77. The fourth-order valence-electron chi connectivity index (χ4n) is 3.77. The molecule has 1 heterocycles. The fraction of sp³-hybridized carbons (Fsp3) is 0.409. The summed E-state index contributed by atoms with van der Waals surface area (Å²) < 4.78 is 34.7. The Balaban J connectivity index is 1.75. The molecule has 1 amide bonds. The van der Waals surface area contributed by atoms with Crippen LogP contribution in [0.15, 0.2) is 36.4 Å². The molecule has 8 nitrogen and oxygen atoms in total. The monoisotopic (exact) mass is 449 g/mol. The molecule has 0 unspecified atom stereocenters. The number of aryl methyl sites for hydroxylation is 1. The zero-order valence-corrected chi connectivity index (χ0v) is 17.9. The van der Waals surface area contributed by atoms with Gasteiger partial charge in [-0.3, -0.25) is 19.8 Å². The molecule has 0 N–H and O–H groups in total. The van der Waals surface area contributed by atoms with Gasteiger partial charge in [0.1, 0.15) is 0 Å². The number of hydrogen-bond acceptors (Lipinski definition) is 6. The van der Waals surface area contributed by atoms with E-state index in [1.807, 2.05) is 30.0 Å². The number of nitro groups is 1. The third-order valence-corrected chi connectivity index (χ3v) is 5.31. The number of rotatable bonds is 7. The highest BCUT2D eigenvalue weighted by atomic mass is 19.3. The zero-order valence-electron chi connectivity index (χ0n) is 17.9. The second kappa shape index (κ2) is 10.4. The Morgan fingerprint density at radius 1 is 1.16 bits per heavy atom. The van der Waals surface area contributed by atoms with Crippen molar-refractivity contribution in [3.63, 3.8) is 0 Å². The molecule has 0 bridgehead atoms. The Morgan fingerprint density at radius 3 is 2.59 bits per heavy atom. The third-order valence-electron chi connectivity index (χ3n) is 5.31. The van der Waals surface area contributed by atoms with Crippen molar-refractivity contribution in [3.8, 4) is 11.5 Å². The van der Waals surface area contributed by atoms with E-state index in [-0.39, 0.29) is 29.6 Å². The van der Waals surface area contributed by atoms with Crippen LogP contribution in [0.5, 0.6) is 11.5 Å². The van der Waals surface area contributed by atoms with Gasteiger partial charge in [-0.05, 0) is 31.5 Å². The van der Waals surface area contributed by atoms with Crippen molar-refractivity contribution in [2.24, 2.45) is 0 Å². The minimum Gasteiger partial charge on any atom is -0.493 e. The minimum absolute atomic E-state index is 0.00280. The summed E-state index contributed by atoms with van der Waals surface area (Å²) in [7, 11) is 1.28. The van der Waals surface area contributed by atoms with E-state index in [4.69, 9.17) is 4.74 Å². The molecular weight excluding hydrogens is 424 g/mol. The molecule has 172 valence electrons. The summed E-state index contributed by atoms with van der Waals surface area (Å²) >= 11 is 0. The van der Waals surface area contributed by atoms with Crippen LogP contribution in [-0.4, -0.2) is 60.5 Å². The van der Waals surface area contributed by atoms with Gasteiger partial charge in [0.15, 0.2) is 11.5 Å². The van der Waals surface area contributed by atoms with Gasteiger partial charge in [0.05, 0.1) is 18.1 Å². The lowest BCUT2D eigenvalue weighted by atomic mass is 10.1. The SMILES string of the molecule is COc1cc(CN2CCCN(C(=O)c3cccc(C)c3)CC2)c([N+](=O)[O-])cc1OC(F)F. The summed E-state index contributed by atoms with van der Waals surface area (Å²) in [5.74, 6) is -0.433. The largest absolute Gasteiger partial charge is 0.493 e. The first-order valence-electron chi connectivity index (χ1n) is 10.2. The Labute approximate surface area is 184 Å². The molecule has 1 aliphatic heterocycles. The molecule has 2 aromatic rings. The van der Waals surface area contributed by atoms with E-state index >= 15 is 0 Å². The molecule has 0 aliphatic carbocycles. The number of halogens is 2. The van der Waals surface area contributed by atoms with Crippen molar-refractivity contribution in [3.05, 3.63) is 63.2 Å². The number of hydrogen-bond donors (Lipinski definition) is 0. The van der Waals surface area contributed by atoms with E-state index in [0.717, 1.165) is 11.6 Å². The van der Waals surface area contributed by atoms with Crippen molar-refractivity contribution < 1.29 is 28.0 Å². The number of carbonyl (C=O) groups excluding carboxylic acids is 1. The van der Waals surface area contributed by atoms with Crippen LogP contribution in [0.3, 0.4) is 0 Å². The van der Waals surface area contributed by atoms with Gasteiger partial charge >= 0.3 is 6.61 Å². The molecule has 0 saturated carbocycles. The highest BCUT2D eigenvalue weighted by Crippen LogP contribution is 2.36. The number of nitro benzene ring substituents is 1. The molecule has 0 aromatic heterocycles. The molecule has 10 heteroatoms. The first-order valence-corrected chi connectivity index (χ1v) is 10.2. The number of benzene rings is 2. The third kappa shape index (κ3) is 5.70. The molecule has 1 fully saturated rings. The lowest BCUT2D eigenvalue weighted by molar-refractivity contribution is -0.385. The predicted octanol–water partition coefficient (Wildman–Crippen LogP) is 3.86. The first kappa shape index (κ1) is 23.4. The predicted molar refractivity (Wildman–Crippen MR) is 113 cm³/mol. The number of amides is 1. The molecule has 0 spiro atoms. The number of carbonyl (C=O) groups is 1. The Kier molecular flexibility index (Phi) is 7.57. The van der Waals surface area contributed by atoms with Gasteiger partial charge in [-0.15, -0.1) is 0 Å². The van der Waals surface area contributed by atoms with Crippen LogP contribution in [0.1, 0.15) is 27.9 Å². The highest BCUT2D eigenvalue weighted by Gasteiger charge is 2.25. The average Bonchev–Trinajstić information content (AvgIpc) is 2.99. The van der Waals surface area contributed by atoms with Crippen molar-refractivity contribution >= 4 is 11.6 Å². The number of methoxy groups -OCH3 is 1. The lowest BCUT2D eigenvalue weighted by Crippen LogP contribution is -2.35. The van der Waals surface area contributed by atoms with E-state index in [0.29, 0.717) is 43.7 Å². The Bertz CT molecular complexity index is 986. The average molecular weight is 449 g/mol. The zero-order chi connectivity index (χ0) is 23.3. The van der Waals surface area contributed by atoms with Crippen LogP contribution in [-0.2, 0) is 6.54 Å². The van der Waals surface area contributed by atoms with Crippen LogP contribution in [0.4, 0.5) is 14.5 Å². The van der Waals surface area contributed by atoms with Crippen molar-refractivity contribution in [2.45, 2.75) is 26.5 Å². The highest BCUT2D eigenvalue weighted by molar-refractivity contribution is 5.94. The van der Waals surface area contributed by atoms with Crippen LogP contribution < -0.4 is 9.47 Å². The van der Waals surface area contributed by atoms with Crippen molar-refractivity contribution in [1.29, 1.82) is 0 Å². The maximum absolute atomic E-state index is 12.8. The van der Waals surface area contributed by atoms with Crippen molar-refractivity contribution in [2.75, 3.05) is 33.3 Å². The molecule has 1 aliphatic rings.